The maximum atomic E-state index is 5.64. The second-order valence-electron chi connectivity index (χ2n) is 6.11. The van der Waals surface area contributed by atoms with E-state index in [0.717, 1.165) is 31.4 Å². The summed E-state index contributed by atoms with van der Waals surface area (Å²) in [5.74, 6) is 2.53. The lowest BCUT2D eigenvalue weighted by atomic mass is 9.76. The molecule has 0 heterocycles. The van der Waals surface area contributed by atoms with Crippen LogP contribution in [0.15, 0.2) is 24.3 Å². The highest BCUT2D eigenvalue weighted by Gasteiger charge is 2.29. The Morgan fingerprint density at radius 3 is 2.85 bits per heavy atom. The molecule has 1 aromatic rings. The van der Waals surface area contributed by atoms with E-state index in [-0.39, 0.29) is 0 Å². The van der Waals surface area contributed by atoms with Gasteiger partial charge in [0, 0.05) is 19.2 Å². The molecule has 3 heteroatoms. The largest absolute Gasteiger partial charge is 0.497 e. The molecule has 0 radical (unpaired) electrons. The number of rotatable bonds is 8. The molecular formula is C17H25NO2. The van der Waals surface area contributed by atoms with Crippen LogP contribution in [0.3, 0.4) is 0 Å². The van der Waals surface area contributed by atoms with E-state index >= 15 is 0 Å². The van der Waals surface area contributed by atoms with E-state index in [0.29, 0.717) is 12.0 Å². The predicted octanol–water partition coefficient (Wildman–Crippen LogP) is 2.96. The first-order valence-electron chi connectivity index (χ1n) is 7.80. The standard InChI is InChI=1S/C17H25NO2/c1-19-17-4-2-3-14(11-17)15-9-16(10-15)18-7-8-20-12-13-5-6-13/h2-4,11,13,15-16,18H,5-10,12H2,1H3. The number of ether oxygens (including phenoxy) is 2. The van der Waals surface area contributed by atoms with Crippen LogP contribution >= 0.6 is 0 Å². The first-order valence-corrected chi connectivity index (χ1v) is 7.80. The molecule has 2 aliphatic rings. The third-order valence-corrected chi connectivity index (χ3v) is 4.43. The highest BCUT2D eigenvalue weighted by Crippen LogP contribution is 2.37. The van der Waals surface area contributed by atoms with Crippen LogP contribution in [0.5, 0.6) is 5.75 Å². The summed E-state index contributed by atoms with van der Waals surface area (Å²) in [6.45, 7) is 2.82. The summed E-state index contributed by atoms with van der Waals surface area (Å²) in [5.41, 5.74) is 1.41. The Bertz CT molecular complexity index is 425. The zero-order chi connectivity index (χ0) is 13.8. The van der Waals surface area contributed by atoms with Crippen LogP contribution in [0.2, 0.25) is 0 Å². The summed E-state index contributed by atoms with van der Waals surface area (Å²) in [4.78, 5) is 0. The van der Waals surface area contributed by atoms with Gasteiger partial charge < -0.3 is 14.8 Å². The molecule has 1 N–H and O–H groups in total. The van der Waals surface area contributed by atoms with Gasteiger partial charge in [-0.1, -0.05) is 12.1 Å². The van der Waals surface area contributed by atoms with Gasteiger partial charge >= 0.3 is 0 Å². The minimum atomic E-state index is 0.663. The smallest absolute Gasteiger partial charge is 0.119 e. The normalized spacial score (nSPS) is 25.2. The molecule has 0 unspecified atom stereocenters. The molecule has 3 rings (SSSR count). The van der Waals surface area contributed by atoms with Crippen LogP contribution in [0.25, 0.3) is 0 Å². The monoisotopic (exact) mass is 275 g/mol. The zero-order valence-corrected chi connectivity index (χ0v) is 12.3. The summed E-state index contributed by atoms with van der Waals surface area (Å²) in [6.07, 6.45) is 5.21. The van der Waals surface area contributed by atoms with Crippen molar-refractivity contribution in [1.82, 2.24) is 5.32 Å². The van der Waals surface area contributed by atoms with Crippen molar-refractivity contribution in [3.63, 3.8) is 0 Å². The Morgan fingerprint density at radius 1 is 1.25 bits per heavy atom. The minimum absolute atomic E-state index is 0.663. The van der Waals surface area contributed by atoms with Crippen LogP contribution in [-0.4, -0.2) is 32.9 Å². The van der Waals surface area contributed by atoms with Gasteiger partial charge in [0.05, 0.1) is 13.7 Å². The molecule has 20 heavy (non-hydrogen) atoms. The lowest BCUT2D eigenvalue weighted by Gasteiger charge is -2.36. The second kappa shape index (κ2) is 6.59. The topological polar surface area (TPSA) is 30.5 Å². The highest BCUT2D eigenvalue weighted by molar-refractivity contribution is 5.32. The van der Waals surface area contributed by atoms with E-state index in [1.807, 2.05) is 6.07 Å². The van der Waals surface area contributed by atoms with Gasteiger partial charge in [-0.15, -0.1) is 0 Å². The predicted molar refractivity (Wildman–Crippen MR) is 80.3 cm³/mol. The van der Waals surface area contributed by atoms with Crippen molar-refractivity contribution >= 4 is 0 Å². The lowest BCUT2D eigenvalue weighted by molar-refractivity contribution is 0.120. The first-order chi connectivity index (χ1) is 9.85. The van der Waals surface area contributed by atoms with Crippen LogP contribution < -0.4 is 10.1 Å². The van der Waals surface area contributed by atoms with Crippen molar-refractivity contribution in [3.8, 4) is 5.75 Å². The van der Waals surface area contributed by atoms with E-state index in [1.54, 1.807) is 7.11 Å². The Kier molecular flexibility index (Phi) is 4.58. The fourth-order valence-corrected chi connectivity index (χ4v) is 2.82. The van der Waals surface area contributed by atoms with Gasteiger partial charge in [-0.25, -0.2) is 0 Å². The van der Waals surface area contributed by atoms with Gasteiger partial charge in [0.15, 0.2) is 0 Å². The number of hydrogen-bond donors (Lipinski definition) is 1. The van der Waals surface area contributed by atoms with E-state index in [1.165, 1.54) is 31.2 Å². The Balaban J connectivity index is 1.31. The average Bonchev–Trinajstić information content (AvgIpc) is 3.24. The first kappa shape index (κ1) is 13.9. The fraction of sp³-hybridized carbons (Fsp3) is 0.647. The molecule has 2 aliphatic carbocycles. The summed E-state index contributed by atoms with van der Waals surface area (Å²) in [7, 11) is 1.73. The molecule has 0 bridgehead atoms. The zero-order valence-electron chi connectivity index (χ0n) is 12.3. The van der Waals surface area contributed by atoms with Gasteiger partial charge in [-0.2, -0.15) is 0 Å². The number of nitrogens with one attached hydrogen (secondary N) is 1. The molecule has 2 fully saturated rings. The summed E-state index contributed by atoms with van der Waals surface area (Å²) < 4.78 is 10.9. The number of hydrogen-bond acceptors (Lipinski definition) is 3. The van der Waals surface area contributed by atoms with Crippen molar-refractivity contribution < 1.29 is 9.47 Å². The van der Waals surface area contributed by atoms with Crippen LogP contribution in [0, 0.1) is 5.92 Å². The fourth-order valence-electron chi connectivity index (χ4n) is 2.82. The summed E-state index contributed by atoms with van der Waals surface area (Å²) in [5, 5.41) is 3.59. The van der Waals surface area contributed by atoms with E-state index < -0.39 is 0 Å². The summed E-state index contributed by atoms with van der Waals surface area (Å²) >= 11 is 0. The Labute approximate surface area is 121 Å². The van der Waals surface area contributed by atoms with Crippen molar-refractivity contribution in [2.75, 3.05) is 26.9 Å². The van der Waals surface area contributed by atoms with Crippen molar-refractivity contribution in [2.24, 2.45) is 5.92 Å². The van der Waals surface area contributed by atoms with Gasteiger partial charge in [0.25, 0.3) is 0 Å². The summed E-state index contributed by atoms with van der Waals surface area (Å²) in [6, 6.07) is 9.13. The molecule has 0 aromatic heterocycles. The van der Waals surface area contributed by atoms with E-state index in [9.17, 15) is 0 Å². The van der Waals surface area contributed by atoms with E-state index in [4.69, 9.17) is 9.47 Å². The van der Waals surface area contributed by atoms with Gasteiger partial charge in [0.2, 0.25) is 0 Å². The molecule has 1 aromatic carbocycles. The molecule has 0 spiro atoms. The lowest BCUT2D eigenvalue weighted by Crippen LogP contribution is -2.41. The Hall–Kier alpha value is -1.06. The molecule has 0 atom stereocenters. The van der Waals surface area contributed by atoms with Gasteiger partial charge in [0.1, 0.15) is 5.75 Å². The van der Waals surface area contributed by atoms with Gasteiger partial charge in [-0.3, -0.25) is 0 Å². The van der Waals surface area contributed by atoms with Gasteiger partial charge in [-0.05, 0) is 55.2 Å². The molecule has 110 valence electrons. The molecular weight excluding hydrogens is 250 g/mol. The Morgan fingerprint density at radius 2 is 2.10 bits per heavy atom. The average molecular weight is 275 g/mol. The quantitative estimate of drug-likeness (QED) is 0.740. The molecule has 0 amide bonds. The van der Waals surface area contributed by atoms with E-state index in [2.05, 4.69) is 23.5 Å². The van der Waals surface area contributed by atoms with Crippen molar-refractivity contribution in [3.05, 3.63) is 29.8 Å². The van der Waals surface area contributed by atoms with Crippen LogP contribution in [-0.2, 0) is 4.74 Å². The molecule has 2 saturated carbocycles. The van der Waals surface area contributed by atoms with Crippen molar-refractivity contribution in [2.45, 2.75) is 37.6 Å². The number of methoxy groups -OCH3 is 1. The molecule has 0 saturated heterocycles. The maximum Gasteiger partial charge on any atom is 0.119 e. The second-order valence-corrected chi connectivity index (χ2v) is 6.11. The van der Waals surface area contributed by atoms with Crippen molar-refractivity contribution in [1.29, 1.82) is 0 Å². The molecule has 3 nitrogen and oxygen atoms in total. The third-order valence-electron chi connectivity index (χ3n) is 4.43. The minimum Gasteiger partial charge on any atom is -0.497 e. The number of benzene rings is 1. The van der Waals surface area contributed by atoms with Crippen LogP contribution in [0.1, 0.15) is 37.2 Å². The maximum absolute atomic E-state index is 5.64. The molecule has 0 aliphatic heterocycles. The van der Waals surface area contributed by atoms with Crippen LogP contribution in [0.4, 0.5) is 0 Å². The highest BCUT2D eigenvalue weighted by atomic mass is 16.5. The third kappa shape index (κ3) is 3.74. The SMILES string of the molecule is COc1cccc(C2CC(NCCOCC3CC3)C2)c1.